The Morgan fingerprint density at radius 1 is 1.65 bits per heavy atom. The van der Waals surface area contributed by atoms with E-state index in [2.05, 4.69) is 18.0 Å². The summed E-state index contributed by atoms with van der Waals surface area (Å²) in [5.41, 5.74) is 0.760. The van der Waals surface area contributed by atoms with E-state index >= 15 is 0 Å². The summed E-state index contributed by atoms with van der Waals surface area (Å²) in [7, 11) is 0. The lowest BCUT2D eigenvalue weighted by atomic mass is 10.1. The molecule has 1 aromatic carbocycles. The zero-order chi connectivity index (χ0) is 12.7. The maximum atomic E-state index is 9.55. The summed E-state index contributed by atoms with van der Waals surface area (Å²) in [6.07, 6.45) is 1.69. The van der Waals surface area contributed by atoms with Crippen molar-refractivity contribution in [2.45, 2.75) is 13.0 Å². The number of phenols is 1. The number of hydrogen-bond acceptors (Lipinski definition) is 4. The zero-order valence-corrected chi connectivity index (χ0v) is 9.81. The minimum atomic E-state index is -0.437. The van der Waals surface area contributed by atoms with Crippen LogP contribution < -0.4 is 10.1 Å². The van der Waals surface area contributed by atoms with E-state index in [9.17, 15) is 5.11 Å². The molecule has 0 bridgehead atoms. The first-order valence-electron chi connectivity index (χ1n) is 5.42. The Morgan fingerprint density at radius 2 is 2.41 bits per heavy atom. The lowest BCUT2D eigenvalue weighted by Crippen LogP contribution is -2.19. The molecule has 0 radical (unpaired) electrons. The van der Waals surface area contributed by atoms with Gasteiger partial charge in [-0.25, -0.2) is 0 Å². The average Bonchev–Trinajstić information content (AvgIpc) is 2.34. The van der Waals surface area contributed by atoms with Gasteiger partial charge in [0.05, 0.1) is 12.7 Å². The van der Waals surface area contributed by atoms with E-state index in [4.69, 9.17) is 10.00 Å². The van der Waals surface area contributed by atoms with E-state index < -0.39 is 6.04 Å². The molecule has 1 rings (SSSR count). The lowest BCUT2D eigenvalue weighted by Gasteiger charge is -2.13. The highest BCUT2D eigenvalue weighted by Gasteiger charge is 2.12. The molecule has 0 aliphatic carbocycles. The van der Waals surface area contributed by atoms with Crippen molar-refractivity contribution < 1.29 is 9.84 Å². The predicted molar refractivity (Wildman–Crippen MR) is 65.8 cm³/mol. The smallest absolute Gasteiger partial charge is 0.161 e. The van der Waals surface area contributed by atoms with Crippen LogP contribution in [0, 0.1) is 11.3 Å². The molecular formula is C13H16N2O2. The summed E-state index contributed by atoms with van der Waals surface area (Å²) in [4.78, 5) is 0. The van der Waals surface area contributed by atoms with Crippen LogP contribution in [0.3, 0.4) is 0 Å². The number of hydrogen-bond donors (Lipinski definition) is 2. The molecule has 1 atom stereocenters. The molecular weight excluding hydrogens is 216 g/mol. The van der Waals surface area contributed by atoms with Crippen LogP contribution in [0.2, 0.25) is 0 Å². The standard InChI is InChI=1S/C13H16N2O2/c1-3-7-15-11(9-14)10-5-6-12(16)13(8-10)17-4-2/h3,5-6,8,11,15-16H,1,4,7H2,2H3. The van der Waals surface area contributed by atoms with Gasteiger partial charge in [0.2, 0.25) is 0 Å². The topological polar surface area (TPSA) is 65.3 Å². The molecule has 2 N–H and O–H groups in total. The van der Waals surface area contributed by atoms with Crippen molar-refractivity contribution in [2.75, 3.05) is 13.2 Å². The number of phenolic OH excluding ortho intramolecular Hbond substituents is 1. The van der Waals surface area contributed by atoms with Crippen molar-refractivity contribution in [3.8, 4) is 17.6 Å². The largest absolute Gasteiger partial charge is 0.504 e. The number of benzene rings is 1. The molecule has 0 amide bonds. The third kappa shape index (κ3) is 3.51. The minimum Gasteiger partial charge on any atom is -0.504 e. The van der Waals surface area contributed by atoms with Gasteiger partial charge < -0.3 is 9.84 Å². The van der Waals surface area contributed by atoms with E-state index in [0.717, 1.165) is 5.56 Å². The molecule has 0 aliphatic rings. The molecule has 0 aromatic heterocycles. The Bertz CT molecular complexity index is 424. The SMILES string of the molecule is C=CCNC(C#N)c1ccc(O)c(OCC)c1. The summed E-state index contributed by atoms with van der Waals surface area (Å²) < 4.78 is 5.27. The van der Waals surface area contributed by atoms with Crippen molar-refractivity contribution in [3.63, 3.8) is 0 Å². The molecule has 0 saturated heterocycles. The quantitative estimate of drug-likeness (QED) is 0.737. The Balaban J connectivity index is 2.92. The molecule has 90 valence electrons. The first kappa shape index (κ1) is 13.1. The Labute approximate surface area is 101 Å². The van der Waals surface area contributed by atoms with Gasteiger partial charge in [0.1, 0.15) is 6.04 Å². The summed E-state index contributed by atoms with van der Waals surface area (Å²) in [6, 6.07) is 6.60. The van der Waals surface area contributed by atoms with E-state index in [1.807, 2.05) is 6.92 Å². The number of ether oxygens (including phenoxy) is 1. The highest BCUT2D eigenvalue weighted by atomic mass is 16.5. The first-order valence-corrected chi connectivity index (χ1v) is 5.42. The molecule has 0 aliphatic heterocycles. The fourth-order valence-corrected chi connectivity index (χ4v) is 1.42. The van der Waals surface area contributed by atoms with Gasteiger partial charge in [-0.15, -0.1) is 6.58 Å². The molecule has 4 heteroatoms. The van der Waals surface area contributed by atoms with Crippen LogP contribution in [0.1, 0.15) is 18.5 Å². The lowest BCUT2D eigenvalue weighted by molar-refractivity contribution is 0.317. The maximum absolute atomic E-state index is 9.55. The Kier molecular flexibility index (Phi) is 5.05. The second-order valence-electron chi connectivity index (χ2n) is 3.42. The van der Waals surface area contributed by atoms with Crippen LogP contribution in [-0.4, -0.2) is 18.3 Å². The van der Waals surface area contributed by atoms with Gasteiger partial charge in [0.25, 0.3) is 0 Å². The van der Waals surface area contributed by atoms with E-state index in [1.165, 1.54) is 6.07 Å². The summed E-state index contributed by atoms with van der Waals surface area (Å²) in [5.74, 6) is 0.474. The van der Waals surface area contributed by atoms with Crippen molar-refractivity contribution in [3.05, 3.63) is 36.4 Å². The van der Waals surface area contributed by atoms with Crippen molar-refractivity contribution >= 4 is 0 Å². The van der Waals surface area contributed by atoms with Gasteiger partial charge in [0.15, 0.2) is 11.5 Å². The molecule has 1 aromatic rings. The summed E-state index contributed by atoms with van der Waals surface area (Å²) in [6.45, 7) is 6.43. The third-order valence-electron chi connectivity index (χ3n) is 2.21. The minimum absolute atomic E-state index is 0.0796. The number of aromatic hydroxyl groups is 1. The number of nitrogens with zero attached hydrogens (tertiary/aromatic N) is 1. The van der Waals surface area contributed by atoms with Gasteiger partial charge in [0, 0.05) is 6.54 Å². The Morgan fingerprint density at radius 3 is 3.00 bits per heavy atom. The highest BCUT2D eigenvalue weighted by Crippen LogP contribution is 2.29. The van der Waals surface area contributed by atoms with Crippen LogP contribution in [0.15, 0.2) is 30.9 Å². The summed E-state index contributed by atoms with van der Waals surface area (Å²) >= 11 is 0. The molecule has 1 unspecified atom stereocenters. The van der Waals surface area contributed by atoms with E-state index in [0.29, 0.717) is 18.9 Å². The van der Waals surface area contributed by atoms with Crippen molar-refractivity contribution in [1.29, 1.82) is 5.26 Å². The number of rotatable bonds is 6. The van der Waals surface area contributed by atoms with Gasteiger partial charge in [-0.05, 0) is 24.6 Å². The van der Waals surface area contributed by atoms with Crippen LogP contribution in [-0.2, 0) is 0 Å². The fourth-order valence-electron chi connectivity index (χ4n) is 1.42. The van der Waals surface area contributed by atoms with Crippen molar-refractivity contribution in [1.82, 2.24) is 5.32 Å². The fraction of sp³-hybridized carbons (Fsp3) is 0.308. The summed E-state index contributed by atoms with van der Waals surface area (Å²) in [5, 5.41) is 21.6. The third-order valence-corrected chi connectivity index (χ3v) is 2.21. The number of nitriles is 1. The van der Waals surface area contributed by atoms with E-state index in [-0.39, 0.29) is 5.75 Å². The van der Waals surface area contributed by atoms with Gasteiger partial charge >= 0.3 is 0 Å². The van der Waals surface area contributed by atoms with Crippen LogP contribution in [0.4, 0.5) is 0 Å². The average molecular weight is 232 g/mol. The number of nitrogens with one attached hydrogen (secondary N) is 1. The van der Waals surface area contributed by atoms with Gasteiger partial charge in [-0.3, -0.25) is 5.32 Å². The highest BCUT2D eigenvalue weighted by molar-refractivity contribution is 5.43. The second-order valence-corrected chi connectivity index (χ2v) is 3.42. The normalized spacial score (nSPS) is 11.5. The first-order chi connectivity index (χ1) is 8.22. The van der Waals surface area contributed by atoms with Crippen LogP contribution in [0.5, 0.6) is 11.5 Å². The van der Waals surface area contributed by atoms with Gasteiger partial charge in [-0.2, -0.15) is 5.26 Å². The maximum Gasteiger partial charge on any atom is 0.161 e. The van der Waals surface area contributed by atoms with Gasteiger partial charge in [-0.1, -0.05) is 12.1 Å². The Hall–Kier alpha value is -1.99. The molecule has 0 saturated carbocycles. The molecule has 4 nitrogen and oxygen atoms in total. The molecule has 0 fully saturated rings. The monoisotopic (exact) mass is 232 g/mol. The molecule has 0 spiro atoms. The van der Waals surface area contributed by atoms with Crippen molar-refractivity contribution in [2.24, 2.45) is 0 Å². The zero-order valence-electron chi connectivity index (χ0n) is 9.81. The van der Waals surface area contributed by atoms with Crippen LogP contribution >= 0.6 is 0 Å². The molecule has 0 heterocycles. The van der Waals surface area contributed by atoms with E-state index in [1.54, 1.807) is 18.2 Å². The van der Waals surface area contributed by atoms with Crippen LogP contribution in [0.25, 0.3) is 0 Å². The molecule has 17 heavy (non-hydrogen) atoms. The predicted octanol–water partition coefficient (Wildman–Crippen LogP) is 2.13. The second kappa shape index (κ2) is 6.56.